The second-order valence-electron chi connectivity index (χ2n) is 3.69. The van der Waals surface area contributed by atoms with Gasteiger partial charge in [0.15, 0.2) is 5.82 Å². The Morgan fingerprint density at radius 2 is 2.28 bits per heavy atom. The van der Waals surface area contributed by atoms with Crippen LogP contribution < -0.4 is 11.1 Å². The highest BCUT2D eigenvalue weighted by molar-refractivity contribution is 6.31. The molecule has 94 valence electrons. The van der Waals surface area contributed by atoms with Gasteiger partial charge in [-0.3, -0.25) is 9.48 Å². The summed E-state index contributed by atoms with van der Waals surface area (Å²) in [5.74, 6) is -0.303. The molecule has 0 aliphatic heterocycles. The number of aromatic hydroxyl groups is 1. The third-order valence-corrected chi connectivity index (χ3v) is 2.64. The van der Waals surface area contributed by atoms with Gasteiger partial charge in [0.1, 0.15) is 5.75 Å². The maximum Gasteiger partial charge on any atom is 0.260 e. The lowest BCUT2D eigenvalue weighted by atomic mass is 10.2. The van der Waals surface area contributed by atoms with Gasteiger partial charge in [0, 0.05) is 12.1 Å². The van der Waals surface area contributed by atoms with Crippen LogP contribution in [0.15, 0.2) is 24.4 Å². The number of benzene rings is 1. The number of carbonyl (C=O) groups excluding carboxylic acids is 1. The van der Waals surface area contributed by atoms with E-state index in [0.29, 0.717) is 16.5 Å². The first-order chi connectivity index (χ1) is 8.49. The maximum atomic E-state index is 12.0. The second kappa shape index (κ2) is 4.58. The Bertz CT molecular complexity index is 590. The molecule has 0 saturated heterocycles. The molecule has 6 nitrogen and oxygen atoms in total. The molecule has 0 unspecified atom stereocenters. The van der Waals surface area contributed by atoms with E-state index in [-0.39, 0.29) is 11.3 Å². The van der Waals surface area contributed by atoms with E-state index in [2.05, 4.69) is 10.4 Å². The number of hydrogen-bond donors (Lipinski definition) is 3. The summed E-state index contributed by atoms with van der Waals surface area (Å²) in [6.07, 6.45) is 1.42. The Morgan fingerprint density at radius 1 is 1.56 bits per heavy atom. The summed E-state index contributed by atoms with van der Waals surface area (Å²) in [6, 6.07) is 4.22. The van der Waals surface area contributed by atoms with Crippen molar-refractivity contribution in [2.45, 2.75) is 0 Å². The standard InChI is InChI=1S/C11H11ClN4O2/c1-16-10(8(13)5-14-16)15-11(18)7-4-6(12)2-3-9(7)17/h2-5,17H,13H2,1H3,(H,15,18). The van der Waals surface area contributed by atoms with Crippen molar-refractivity contribution in [3.63, 3.8) is 0 Å². The van der Waals surface area contributed by atoms with Crippen molar-refractivity contribution in [2.75, 3.05) is 11.1 Å². The number of hydrogen-bond acceptors (Lipinski definition) is 4. The highest BCUT2D eigenvalue weighted by Gasteiger charge is 2.15. The number of nitrogens with one attached hydrogen (secondary N) is 1. The Hall–Kier alpha value is -2.21. The molecule has 0 aliphatic carbocycles. The van der Waals surface area contributed by atoms with Gasteiger partial charge in [0.25, 0.3) is 5.91 Å². The molecule has 1 amide bonds. The molecule has 0 aliphatic rings. The van der Waals surface area contributed by atoms with E-state index < -0.39 is 5.91 Å². The first-order valence-corrected chi connectivity index (χ1v) is 5.44. The number of phenols is 1. The van der Waals surface area contributed by atoms with Crippen LogP contribution in [0.2, 0.25) is 5.02 Å². The summed E-state index contributed by atoms with van der Waals surface area (Å²) < 4.78 is 1.43. The summed E-state index contributed by atoms with van der Waals surface area (Å²) in [7, 11) is 1.64. The molecule has 0 fully saturated rings. The van der Waals surface area contributed by atoms with Gasteiger partial charge in [-0.25, -0.2) is 0 Å². The monoisotopic (exact) mass is 266 g/mol. The highest BCUT2D eigenvalue weighted by atomic mass is 35.5. The molecule has 18 heavy (non-hydrogen) atoms. The molecule has 2 aromatic rings. The molecule has 1 heterocycles. The number of nitrogens with zero attached hydrogens (tertiary/aromatic N) is 2. The molecule has 4 N–H and O–H groups in total. The number of carbonyl (C=O) groups is 1. The number of anilines is 2. The van der Waals surface area contributed by atoms with Gasteiger partial charge in [-0.2, -0.15) is 5.10 Å². The van der Waals surface area contributed by atoms with Crippen molar-refractivity contribution in [2.24, 2.45) is 7.05 Å². The van der Waals surface area contributed by atoms with Crippen molar-refractivity contribution in [3.8, 4) is 5.75 Å². The lowest BCUT2D eigenvalue weighted by Crippen LogP contribution is -2.15. The summed E-state index contributed by atoms with van der Waals surface area (Å²) >= 11 is 5.77. The first-order valence-electron chi connectivity index (χ1n) is 5.06. The smallest absolute Gasteiger partial charge is 0.260 e. The van der Waals surface area contributed by atoms with E-state index in [1.165, 1.54) is 29.1 Å². The average molecular weight is 267 g/mol. The summed E-state index contributed by atoms with van der Waals surface area (Å²) in [6.45, 7) is 0. The van der Waals surface area contributed by atoms with E-state index in [4.69, 9.17) is 17.3 Å². The van der Waals surface area contributed by atoms with Crippen LogP contribution in [0, 0.1) is 0 Å². The van der Waals surface area contributed by atoms with Gasteiger partial charge in [-0.05, 0) is 18.2 Å². The quantitative estimate of drug-likeness (QED) is 0.770. The average Bonchev–Trinajstić information content (AvgIpc) is 2.64. The van der Waals surface area contributed by atoms with Gasteiger partial charge >= 0.3 is 0 Å². The van der Waals surface area contributed by atoms with E-state index in [0.717, 1.165) is 0 Å². The van der Waals surface area contributed by atoms with Crippen LogP contribution in [0.3, 0.4) is 0 Å². The third kappa shape index (κ3) is 2.23. The van der Waals surface area contributed by atoms with Crippen molar-refractivity contribution < 1.29 is 9.90 Å². The lowest BCUT2D eigenvalue weighted by Gasteiger charge is -2.08. The predicted molar refractivity (Wildman–Crippen MR) is 68.7 cm³/mol. The fraction of sp³-hybridized carbons (Fsp3) is 0.0909. The number of halogens is 1. The van der Waals surface area contributed by atoms with Crippen LogP contribution in [-0.2, 0) is 7.05 Å². The zero-order valence-electron chi connectivity index (χ0n) is 9.51. The molecule has 7 heteroatoms. The molecule has 1 aromatic heterocycles. The molecule has 0 bridgehead atoms. The van der Waals surface area contributed by atoms with Crippen LogP contribution in [0.25, 0.3) is 0 Å². The number of aryl methyl sites for hydroxylation is 1. The Balaban J connectivity index is 2.30. The zero-order valence-corrected chi connectivity index (χ0v) is 10.3. The summed E-state index contributed by atoms with van der Waals surface area (Å²) in [5, 5.41) is 16.4. The summed E-state index contributed by atoms with van der Waals surface area (Å²) in [4.78, 5) is 12.0. The second-order valence-corrected chi connectivity index (χ2v) is 4.12. The largest absolute Gasteiger partial charge is 0.507 e. The minimum atomic E-state index is -0.509. The van der Waals surface area contributed by atoms with Gasteiger partial charge in [-0.1, -0.05) is 11.6 Å². The van der Waals surface area contributed by atoms with Gasteiger partial charge < -0.3 is 16.2 Å². The van der Waals surface area contributed by atoms with Crippen LogP contribution in [0.4, 0.5) is 11.5 Å². The number of nitrogens with two attached hydrogens (primary N) is 1. The van der Waals surface area contributed by atoms with E-state index in [1.54, 1.807) is 7.05 Å². The molecule has 2 rings (SSSR count). The Labute approximate surface area is 108 Å². The van der Waals surface area contributed by atoms with E-state index >= 15 is 0 Å². The number of phenolic OH excluding ortho intramolecular Hbond substituents is 1. The Morgan fingerprint density at radius 3 is 2.89 bits per heavy atom. The lowest BCUT2D eigenvalue weighted by molar-refractivity contribution is 0.102. The van der Waals surface area contributed by atoms with Gasteiger partial charge in [0.2, 0.25) is 0 Å². The van der Waals surface area contributed by atoms with Crippen LogP contribution in [0.5, 0.6) is 5.75 Å². The van der Waals surface area contributed by atoms with Crippen molar-refractivity contribution >= 4 is 29.0 Å². The summed E-state index contributed by atoms with van der Waals surface area (Å²) in [5.41, 5.74) is 6.06. The SMILES string of the molecule is Cn1ncc(N)c1NC(=O)c1cc(Cl)ccc1O. The van der Waals surface area contributed by atoms with Crippen LogP contribution >= 0.6 is 11.6 Å². The molecular formula is C11H11ClN4O2. The van der Waals surface area contributed by atoms with Crippen molar-refractivity contribution in [3.05, 3.63) is 35.0 Å². The van der Waals surface area contributed by atoms with Crippen molar-refractivity contribution in [1.82, 2.24) is 9.78 Å². The minimum absolute atomic E-state index is 0.0723. The van der Waals surface area contributed by atoms with E-state index in [9.17, 15) is 9.90 Å². The van der Waals surface area contributed by atoms with Crippen LogP contribution in [-0.4, -0.2) is 20.8 Å². The maximum absolute atomic E-state index is 12.0. The fourth-order valence-electron chi connectivity index (χ4n) is 1.47. The van der Waals surface area contributed by atoms with E-state index in [1.807, 2.05) is 0 Å². The van der Waals surface area contributed by atoms with Gasteiger partial charge in [-0.15, -0.1) is 0 Å². The molecular weight excluding hydrogens is 256 g/mol. The first kappa shape index (κ1) is 12.3. The number of amides is 1. The topological polar surface area (TPSA) is 93.2 Å². The fourth-order valence-corrected chi connectivity index (χ4v) is 1.64. The third-order valence-electron chi connectivity index (χ3n) is 2.40. The molecule has 0 radical (unpaired) electrons. The predicted octanol–water partition coefficient (Wildman–Crippen LogP) is 1.61. The molecule has 0 saturated carbocycles. The normalized spacial score (nSPS) is 10.3. The number of nitrogen functional groups attached to an aromatic ring is 1. The Kier molecular flexibility index (Phi) is 3.12. The molecule has 0 atom stereocenters. The van der Waals surface area contributed by atoms with Crippen LogP contribution in [0.1, 0.15) is 10.4 Å². The molecule has 1 aromatic carbocycles. The minimum Gasteiger partial charge on any atom is -0.507 e. The molecule has 0 spiro atoms. The number of aromatic nitrogens is 2. The zero-order chi connectivity index (χ0) is 13.3. The van der Waals surface area contributed by atoms with Gasteiger partial charge in [0.05, 0.1) is 17.4 Å². The highest BCUT2D eigenvalue weighted by Crippen LogP contribution is 2.23. The number of rotatable bonds is 2. The van der Waals surface area contributed by atoms with Crippen molar-refractivity contribution in [1.29, 1.82) is 0 Å².